The van der Waals surface area contributed by atoms with Crippen molar-refractivity contribution in [2.75, 3.05) is 12.4 Å². The van der Waals surface area contributed by atoms with Crippen LogP contribution in [0.2, 0.25) is 0 Å². The second-order valence-electron chi connectivity index (χ2n) is 4.62. The van der Waals surface area contributed by atoms with Gasteiger partial charge in [0.15, 0.2) is 0 Å². The minimum absolute atomic E-state index is 0.131. The van der Waals surface area contributed by atoms with Crippen LogP contribution in [0.15, 0.2) is 40.9 Å². The van der Waals surface area contributed by atoms with Crippen LogP contribution in [-0.4, -0.2) is 13.0 Å². The highest BCUT2D eigenvalue weighted by atomic mass is 79.9. The van der Waals surface area contributed by atoms with Gasteiger partial charge in [0.25, 0.3) is 5.91 Å². The fourth-order valence-corrected chi connectivity index (χ4v) is 2.33. The van der Waals surface area contributed by atoms with Gasteiger partial charge in [-0.2, -0.15) is 0 Å². The van der Waals surface area contributed by atoms with Crippen LogP contribution in [0.25, 0.3) is 0 Å². The zero-order valence-corrected chi connectivity index (χ0v) is 13.2. The van der Waals surface area contributed by atoms with Crippen LogP contribution >= 0.6 is 15.9 Å². The Morgan fingerprint density at radius 1 is 1.15 bits per heavy atom. The third-order valence-corrected chi connectivity index (χ3v) is 3.74. The number of carbonyl (C=O) groups excluding carboxylic acids is 1. The van der Waals surface area contributed by atoms with Gasteiger partial charge in [-0.15, -0.1) is 0 Å². The van der Waals surface area contributed by atoms with Crippen LogP contribution in [0.5, 0.6) is 5.75 Å². The average Bonchev–Trinajstić information content (AvgIpc) is 2.43. The van der Waals surface area contributed by atoms with Gasteiger partial charge in [-0.3, -0.25) is 4.79 Å². The predicted molar refractivity (Wildman–Crippen MR) is 84.6 cm³/mol. The third-order valence-electron chi connectivity index (χ3n) is 3.05. The molecule has 1 N–H and O–H groups in total. The molecule has 0 aliphatic rings. The molecule has 0 fully saturated rings. The average molecular weight is 334 g/mol. The van der Waals surface area contributed by atoms with Crippen molar-refractivity contribution < 1.29 is 9.53 Å². The van der Waals surface area contributed by atoms with E-state index in [1.807, 2.05) is 50.2 Å². The lowest BCUT2D eigenvalue weighted by molar-refractivity contribution is 0.102. The van der Waals surface area contributed by atoms with Gasteiger partial charge in [-0.25, -0.2) is 0 Å². The van der Waals surface area contributed by atoms with E-state index in [1.165, 1.54) is 0 Å². The van der Waals surface area contributed by atoms with E-state index in [2.05, 4.69) is 21.2 Å². The number of rotatable bonds is 3. The molecular formula is C16H16BrNO2. The summed E-state index contributed by atoms with van der Waals surface area (Å²) < 4.78 is 5.94. The molecule has 0 aliphatic heterocycles. The Labute approximate surface area is 127 Å². The molecule has 1 amide bonds. The molecule has 20 heavy (non-hydrogen) atoms. The molecule has 0 unspecified atom stereocenters. The molecule has 0 saturated carbocycles. The summed E-state index contributed by atoms with van der Waals surface area (Å²) in [6, 6.07) is 11.3. The number of carbonyl (C=O) groups is 1. The molecule has 0 aliphatic carbocycles. The summed E-state index contributed by atoms with van der Waals surface area (Å²) in [7, 11) is 1.62. The maximum atomic E-state index is 12.3. The van der Waals surface area contributed by atoms with Crippen molar-refractivity contribution in [1.82, 2.24) is 0 Å². The number of amides is 1. The van der Waals surface area contributed by atoms with Crippen molar-refractivity contribution in [3.05, 3.63) is 57.6 Å². The summed E-state index contributed by atoms with van der Waals surface area (Å²) in [5.41, 5.74) is 3.41. The first-order valence-corrected chi connectivity index (χ1v) is 7.02. The first kappa shape index (κ1) is 14.6. The zero-order chi connectivity index (χ0) is 14.7. The minimum atomic E-state index is -0.131. The summed E-state index contributed by atoms with van der Waals surface area (Å²) in [5, 5.41) is 2.92. The number of benzene rings is 2. The third kappa shape index (κ3) is 3.20. The van der Waals surface area contributed by atoms with Crippen LogP contribution in [0.1, 0.15) is 21.5 Å². The second kappa shape index (κ2) is 6.09. The summed E-state index contributed by atoms with van der Waals surface area (Å²) in [6.07, 6.45) is 0. The fourth-order valence-electron chi connectivity index (χ4n) is 1.91. The van der Waals surface area contributed by atoms with E-state index < -0.39 is 0 Å². The van der Waals surface area contributed by atoms with Crippen molar-refractivity contribution in [1.29, 1.82) is 0 Å². The Hall–Kier alpha value is -1.81. The SMILES string of the molecule is COc1ccc(NC(=O)c2cc(C)ccc2Br)c(C)c1. The van der Waals surface area contributed by atoms with Crippen molar-refractivity contribution in [3.63, 3.8) is 0 Å². The maximum absolute atomic E-state index is 12.3. The van der Waals surface area contributed by atoms with E-state index in [4.69, 9.17) is 4.74 Å². The van der Waals surface area contributed by atoms with Gasteiger partial charge < -0.3 is 10.1 Å². The molecule has 0 aromatic heterocycles. The first-order valence-electron chi connectivity index (χ1n) is 6.23. The van der Waals surface area contributed by atoms with E-state index >= 15 is 0 Å². The van der Waals surface area contributed by atoms with Crippen LogP contribution in [0, 0.1) is 13.8 Å². The molecule has 2 rings (SSSR count). The molecule has 0 atom stereocenters. The Balaban J connectivity index is 2.25. The maximum Gasteiger partial charge on any atom is 0.256 e. The summed E-state index contributed by atoms with van der Waals surface area (Å²) >= 11 is 3.40. The van der Waals surface area contributed by atoms with Crippen LogP contribution in [-0.2, 0) is 0 Å². The molecule has 4 heteroatoms. The van der Waals surface area contributed by atoms with Gasteiger partial charge in [0, 0.05) is 10.2 Å². The number of ether oxygens (including phenoxy) is 1. The van der Waals surface area contributed by atoms with E-state index in [1.54, 1.807) is 7.11 Å². The highest BCUT2D eigenvalue weighted by Gasteiger charge is 2.11. The lowest BCUT2D eigenvalue weighted by atomic mass is 10.1. The Kier molecular flexibility index (Phi) is 4.45. The Morgan fingerprint density at radius 2 is 1.90 bits per heavy atom. The molecule has 0 saturated heterocycles. The van der Waals surface area contributed by atoms with Crippen molar-refractivity contribution in [3.8, 4) is 5.75 Å². The highest BCUT2D eigenvalue weighted by molar-refractivity contribution is 9.10. The number of aryl methyl sites for hydroxylation is 2. The number of hydrogen-bond acceptors (Lipinski definition) is 2. The normalized spacial score (nSPS) is 10.2. The lowest BCUT2D eigenvalue weighted by Crippen LogP contribution is -2.13. The van der Waals surface area contributed by atoms with E-state index in [0.29, 0.717) is 5.56 Å². The summed E-state index contributed by atoms with van der Waals surface area (Å²) in [5.74, 6) is 0.645. The predicted octanol–water partition coefficient (Wildman–Crippen LogP) is 4.33. The molecular weight excluding hydrogens is 318 g/mol. The first-order chi connectivity index (χ1) is 9.51. The molecule has 0 radical (unpaired) electrons. The Bertz CT molecular complexity index is 653. The van der Waals surface area contributed by atoms with E-state index in [9.17, 15) is 4.79 Å². The van der Waals surface area contributed by atoms with E-state index in [-0.39, 0.29) is 5.91 Å². The fraction of sp³-hybridized carbons (Fsp3) is 0.188. The van der Waals surface area contributed by atoms with Gasteiger partial charge in [-0.05, 0) is 65.7 Å². The number of halogens is 1. The molecule has 0 heterocycles. The van der Waals surface area contributed by atoms with Crippen LogP contribution < -0.4 is 10.1 Å². The molecule has 2 aromatic carbocycles. The second-order valence-corrected chi connectivity index (χ2v) is 5.47. The van der Waals surface area contributed by atoms with Crippen molar-refractivity contribution in [2.24, 2.45) is 0 Å². The van der Waals surface area contributed by atoms with Gasteiger partial charge in [0.05, 0.1) is 12.7 Å². The monoisotopic (exact) mass is 333 g/mol. The highest BCUT2D eigenvalue weighted by Crippen LogP contribution is 2.23. The zero-order valence-electron chi connectivity index (χ0n) is 11.7. The smallest absolute Gasteiger partial charge is 0.256 e. The number of nitrogens with one attached hydrogen (secondary N) is 1. The molecule has 2 aromatic rings. The van der Waals surface area contributed by atoms with Gasteiger partial charge in [-0.1, -0.05) is 11.6 Å². The van der Waals surface area contributed by atoms with Crippen molar-refractivity contribution >= 4 is 27.5 Å². The lowest BCUT2D eigenvalue weighted by Gasteiger charge is -2.11. The molecule has 0 spiro atoms. The quantitative estimate of drug-likeness (QED) is 0.907. The van der Waals surface area contributed by atoms with Gasteiger partial charge >= 0.3 is 0 Å². The minimum Gasteiger partial charge on any atom is -0.497 e. The number of hydrogen-bond donors (Lipinski definition) is 1. The number of methoxy groups -OCH3 is 1. The van der Waals surface area contributed by atoms with Crippen LogP contribution in [0.3, 0.4) is 0 Å². The topological polar surface area (TPSA) is 38.3 Å². The van der Waals surface area contributed by atoms with Gasteiger partial charge in [0.1, 0.15) is 5.75 Å². The van der Waals surface area contributed by atoms with Crippen LogP contribution in [0.4, 0.5) is 5.69 Å². The molecule has 3 nitrogen and oxygen atoms in total. The van der Waals surface area contributed by atoms with Gasteiger partial charge in [0.2, 0.25) is 0 Å². The Morgan fingerprint density at radius 3 is 2.55 bits per heavy atom. The molecule has 104 valence electrons. The standard InChI is InChI=1S/C16H16BrNO2/c1-10-4-6-14(17)13(8-10)16(19)18-15-7-5-12(20-3)9-11(15)2/h4-9H,1-3H3,(H,18,19). The largest absolute Gasteiger partial charge is 0.497 e. The van der Waals surface area contributed by atoms with E-state index in [0.717, 1.165) is 27.0 Å². The summed E-state index contributed by atoms with van der Waals surface area (Å²) in [6.45, 7) is 3.89. The molecule has 0 bridgehead atoms. The van der Waals surface area contributed by atoms with Crippen molar-refractivity contribution in [2.45, 2.75) is 13.8 Å². The summed E-state index contributed by atoms with van der Waals surface area (Å²) in [4.78, 5) is 12.3. The number of anilines is 1.